The van der Waals surface area contributed by atoms with E-state index < -0.39 is 23.6 Å². The zero-order chi connectivity index (χ0) is 26.8. The van der Waals surface area contributed by atoms with Crippen molar-refractivity contribution >= 4 is 46.3 Å². The standard InChI is InChI=1S/C28H29FN4O5/c1-2-37-28(36)24(30)21-10-13-33(20-8-6-19(7-9-20)32-12-4-3-5-23(32)34)27(35)25(21)31-18-15-17-11-14-38-26(17)22(29)16-18/h6-9,15-16,21,30H,2-5,10-14H2,1H3. The third kappa shape index (κ3) is 4.90. The summed E-state index contributed by atoms with van der Waals surface area (Å²) >= 11 is 0. The molecule has 0 saturated carbocycles. The van der Waals surface area contributed by atoms with Gasteiger partial charge in [-0.25, -0.2) is 14.2 Å². The van der Waals surface area contributed by atoms with Gasteiger partial charge in [-0.3, -0.25) is 15.0 Å². The molecule has 0 radical (unpaired) electrons. The van der Waals surface area contributed by atoms with E-state index in [-0.39, 0.29) is 48.3 Å². The van der Waals surface area contributed by atoms with E-state index in [1.54, 1.807) is 30.0 Å². The predicted molar refractivity (Wildman–Crippen MR) is 140 cm³/mol. The number of carbonyl (C=O) groups is 3. The van der Waals surface area contributed by atoms with Crippen molar-refractivity contribution in [2.45, 2.75) is 39.0 Å². The molecule has 2 saturated heterocycles. The van der Waals surface area contributed by atoms with Gasteiger partial charge in [0.1, 0.15) is 11.4 Å². The number of anilines is 2. The van der Waals surface area contributed by atoms with Gasteiger partial charge in [-0.2, -0.15) is 0 Å². The van der Waals surface area contributed by atoms with Gasteiger partial charge in [-0.05, 0) is 56.5 Å². The minimum atomic E-state index is -0.893. The number of nitrogens with one attached hydrogen (secondary N) is 1. The number of fused-ring (bicyclic) bond motifs is 1. The summed E-state index contributed by atoms with van der Waals surface area (Å²) in [5.74, 6) is -2.48. The fourth-order valence-corrected chi connectivity index (χ4v) is 5.13. The third-order valence-corrected chi connectivity index (χ3v) is 7.05. The number of benzene rings is 2. The van der Waals surface area contributed by atoms with E-state index >= 15 is 0 Å². The number of ether oxygens (including phenoxy) is 2. The Bertz CT molecular complexity index is 1320. The van der Waals surface area contributed by atoms with Crippen LogP contribution in [0.15, 0.2) is 41.4 Å². The highest BCUT2D eigenvalue weighted by Gasteiger charge is 2.39. The number of carbonyl (C=O) groups excluding carboxylic acids is 3. The first-order valence-corrected chi connectivity index (χ1v) is 12.9. The molecule has 2 fully saturated rings. The highest BCUT2D eigenvalue weighted by molar-refractivity contribution is 6.53. The predicted octanol–water partition coefficient (Wildman–Crippen LogP) is 3.99. The average molecular weight is 521 g/mol. The first-order chi connectivity index (χ1) is 18.4. The molecule has 2 amide bonds. The van der Waals surface area contributed by atoms with Gasteiger partial charge in [0.15, 0.2) is 11.6 Å². The monoisotopic (exact) mass is 520 g/mol. The number of piperidine rings is 2. The molecular weight excluding hydrogens is 491 g/mol. The molecule has 1 N–H and O–H groups in total. The van der Waals surface area contributed by atoms with Gasteiger partial charge in [0.2, 0.25) is 5.91 Å². The Morgan fingerprint density at radius 1 is 1.11 bits per heavy atom. The number of rotatable bonds is 6. The molecule has 9 nitrogen and oxygen atoms in total. The second kappa shape index (κ2) is 10.7. The zero-order valence-electron chi connectivity index (χ0n) is 21.2. The van der Waals surface area contributed by atoms with Crippen LogP contribution in [0, 0.1) is 17.1 Å². The van der Waals surface area contributed by atoms with Crippen LogP contribution in [0.1, 0.15) is 38.2 Å². The van der Waals surface area contributed by atoms with Gasteiger partial charge < -0.3 is 19.3 Å². The summed E-state index contributed by atoms with van der Waals surface area (Å²) in [6.45, 7) is 3.03. The molecule has 0 aromatic heterocycles. The molecule has 1 unspecified atom stereocenters. The average Bonchev–Trinajstić information content (AvgIpc) is 3.39. The largest absolute Gasteiger partial charge is 0.490 e. The third-order valence-electron chi connectivity index (χ3n) is 7.05. The summed E-state index contributed by atoms with van der Waals surface area (Å²) in [7, 11) is 0. The number of esters is 1. The zero-order valence-corrected chi connectivity index (χ0v) is 21.2. The van der Waals surface area contributed by atoms with Gasteiger partial charge in [-0.15, -0.1) is 0 Å². The van der Waals surface area contributed by atoms with E-state index in [4.69, 9.17) is 14.9 Å². The van der Waals surface area contributed by atoms with Crippen LogP contribution in [0.4, 0.5) is 21.5 Å². The van der Waals surface area contributed by atoms with Crippen molar-refractivity contribution in [2.75, 3.05) is 36.1 Å². The van der Waals surface area contributed by atoms with E-state index in [9.17, 15) is 18.8 Å². The summed E-state index contributed by atoms with van der Waals surface area (Å²) < 4.78 is 25.0. The molecular formula is C28H29FN4O5. The second-order valence-electron chi connectivity index (χ2n) is 9.46. The van der Waals surface area contributed by atoms with Gasteiger partial charge in [0.25, 0.3) is 5.91 Å². The fourth-order valence-electron chi connectivity index (χ4n) is 5.13. The lowest BCUT2D eigenvalue weighted by Gasteiger charge is -2.33. The van der Waals surface area contributed by atoms with E-state index in [0.29, 0.717) is 37.2 Å². The lowest BCUT2D eigenvalue weighted by atomic mass is 9.88. The Hall–Kier alpha value is -4.08. The molecule has 3 heterocycles. The summed E-state index contributed by atoms with van der Waals surface area (Å²) in [6.07, 6.45) is 3.15. The summed E-state index contributed by atoms with van der Waals surface area (Å²) in [5, 5.41) is 8.42. The number of halogens is 1. The Balaban J connectivity index is 1.47. The molecule has 5 rings (SSSR count). The molecule has 3 aliphatic heterocycles. The molecule has 0 bridgehead atoms. The summed E-state index contributed by atoms with van der Waals surface area (Å²) in [6, 6.07) is 10.0. The molecule has 38 heavy (non-hydrogen) atoms. The number of hydrogen-bond acceptors (Lipinski definition) is 7. The van der Waals surface area contributed by atoms with Crippen molar-refractivity contribution in [1.29, 1.82) is 5.41 Å². The van der Waals surface area contributed by atoms with Crippen LogP contribution in [0.3, 0.4) is 0 Å². The molecule has 1 atom stereocenters. The SMILES string of the molecule is CCOC(=O)C(=N)C1CCN(c2ccc(N3CCCCC3=O)cc2)C(=O)C1=Nc1cc(F)c2c(c1)CCO2. The molecule has 0 aliphatic carbocycles. The van der Waals surface area contributed by atoms with Crippen molar-refractivity contribution in [3.8, 4) is 5.75 Å². The van der Waals surface area contributed by atoms with Crippen LogP contribution in [0.5, 0.6) is 5.75 Å². The van der Waals surface area contributed by atoms with Crippen LogP contribution < -0.4 is 14.5 Å². The van der Waals surface area contributed by atoms with Gasteiger partial charge in [-0.1, -0.05) is 0 Å². The highest BCUT2D eigenvalue weighted by Crippen LogP contribution is 2.34. The van der Waals surface area contributed by atoms with Crippen molar-refractivity contribution in [3.63, 3.8) is 0 Å². The van der Waals surface area contributed by atoms with E-state index in [0.717, 1.165) is 18.5 Å². The first kappa shape index (κ1) is 25.6. The fraction of sp³-hybridized carbons (Fsp3) is 0.393. The molecule has 0 spiro atoms. The van der Waals surface area contributed by atoms with Crippen LogP contribution in [0.2, 0.25) is 0 Å². The Labute approximate surface area is 219 Å². The maximum atomic E-state index is 14.6. The number of aliphatic imine (C=N–C) groups is 1. The quantitative estimate of drug-likeness (QED) is 0.457. The molecule has 10 heteroatoms. The Morgan fingerprint density at radius 2 is 1.84 bits per heavy atom. The van der Waals surface area contributed by atoms with Gasteiger partial charge in [0, 0.05) is 48.9 Å². The minimum absolute atomic E-state index is 0.0251. The van der Waals surface area contributed by atoms with Gasteiger partial charge >= 0.3 is 5.97 Å². The number of hydrogen-bond donors (Lipinski definition) is 1. The normalized spacial score (nSPS) is 20.4. The van der Waals surface area contributed by atoms with Crippen LogP contribution in [-0.4, -0.2) is 55.5 Å². The smallest absolute Gasteiger partial charge is 0.352 e. The topological polar surface area (TPSA) is 112 Å². The second-order valence-corrected chi connectivity index (χ2v) is 9.46. The first-order valence-electron chi connectivity index (χ1n) is 12.9. The summed E-state index contributed by atoms with van der Waals surface area (Å²) in [4.78, 5) is 46.2. The van der Waals surface area contributed by atoms with E-state index in [1.165, 1.54) is 11.0 Å². The Morgan fingerprint density at radius 3 is 2.55 bits per heavy atom. The maximum Gasteiger partial charge on any atom is 0.352 e. The van der Waals surface area contributed by atoms with Crippen LogP contribution in [0.25, 0.3) is 0 Å². The van der Waals surface area contributed by atoms with Crippen molar-refractivity contribution < 1.29 is 28.2 Å². The molecule has 3 aliphatic rings. The van der Waals surface area contributed by atoms with E-state index in [2.05, 4.69) is 4.99 Å². The van der Waals surface area contributed by atoms with Crippen molar-refractivity contribution in [2.24, 2.45) is 10.9 Å². The van der Waals surface area contributed by atoms with Crippen molar-refractivity contribution in [3.05, 3.63) is 47.8 Å². The molecule has 2 aromatic rings. The van der Waals surface area contributed by atoms with E-state index in [1.807, 2.05) is 12.1 Å². The lowest BCUT2D eigenvalue weighted by Crippen LogP contribution is -2.50. The van der Waals surface area contributed by atoms with Crippen LogP contribution >= 0.6 is 0 Å². The number of amides is 2. The summed E-state index contributed by atoms with van der Waals surface area (Å²) in [5.41, 5.74) is 1.87. The Kier molecular flexibility index (Phi) is 7.22. The minimum Gasteiger partial charge on any atom is -0.490 e. The maximum absolute atomic E-state index is 14.6. The molecule has 198 valence electrons. The lowest BCUT2D eigenvalue weighted by molar-refractivity contribution is -0.135. The number of nitrogens with zero attached hydrogens (tertiary/aromatic N) is 3. The van der Waals surface area contributed by atoms with Crippen molar-refractivity contribution in [1.82, 2.24) is 0 Å². The highest BCUT2D eigenvalue weighted by atomic mass is 19.1. The van der Waals surface area contributed by atoms with Gasteiger partial charge in [0.05, 0.1) is 24.8 Å². The molecule has 2 aromatic carbocycles. The van der Waals surface area contributed by atoms with Crippen LogP contribution in [-0.2, 0) is 25.5 Å².